The van der Waals surface area contributed by atoms with Crippen molar-refractivity contribution < 1.29 is 9.32 Å². The van der Waals surface area contributed by atoms with Crippen molar-refractivity contribution in [3.05, 3.63) is 28.1 Å². The lowest BCUT2D eigenvalue weighted by Crippen LogP contribution is -2.14. The molecule has 30 heavy (non-hydrogen) atoms. The molecule has 0 spiro atoms. The van der Waals surface area contributed by atoms with Crippen LogP contribution in [0.4, 0.5) is 5.82 Å². The highest BCUT2D eigenvalue weighted by Gasteiger charge is 2.25. The number of carbonyl (C=O) groups is 1. The van der Waals surface area contributed by atoms with Gasteiger partial charge in [-0.15, -0.1) is 21.5 Å². The van der Waals surface area contributed by atoms with Gasteiger partial charge in [0.1, 0.15) is 16.4 Å². The summed E-state index contributed by atoms with van der Waals surface area (Å²) in [5, 5.41) is 17.3. The standard InChI is InChI=1S/C20H22N6O2S2/c1-4-15-22-19-17(12-6-5-10(2)7-13(12)30-19)18-23-24-20(26(15)18)29-9-16(27)21-14-8-11(3)28-25-14/h8,10H,4-7,9H2,1-3H3,(H,21,25,27). The lowest BCUT2D eigenvalue weighted by Gasteiger charge is -2.17. The highest BCUT2D eigenvalue weighted by molar-refractivity contribution is 7.99. The predicted molar refractivity (Wildman–Crippen MR) is 117 cm³/mol. The number of anilines is 1. The van der Waals surface area contributed by atoms with Crippen LogP contribution in [0.5, 0.6) is 0 Å². The molecule has 1 aliphatic carbocycles. The number of carbonyl (C=O) groups excluding carboxylic acids is 1. The fourth-order valence-corrected chi connectivity index (χ4v) is 6.09. The molecule has 0 saturated carbocycles. The van der Waals surface area contributed by atoms with Crippen molar-refractivity contribution in [1.82, 2.24) is 24.7 Å². The van der Waals surface area contributed by atoms with Gasteiger partial charge in [0.25, 0.3) is 0 Å². The number of hydrogen-bond donors (Lipinski definition) is 1. The highest BCUT2D eigenvalue weighted by Crippen LogP contribution is 2.39. The fraction of sp³-hybridized carbons (Fsp3) is 0.450. The van der Waals surface area contributed by atoms with Gasteiger partial charge in [-0.2, -0.15) is 0 Å². The van der Waals surface area contributed by atoms with E-state index in [0.29, 0.717) is 22.7 Å². The van der Waals surface area contributed by atoms with E-state index in [1.807, 2.05) is 4.40 Å². The summed E-state index contributed by atoms with van der Waals surface area (Å²) in [6.07, 6.45) is 4.13. The molecule has 1 unspecified atom stereocenters. The maximum atomic E-state index is 12.3. The van der Waals surface area contributed by atoms with Gasteiger partial charge in [-0.1, -0.05) is 30.8 Å². The maximum absolute atomic E-state index is 12.3. The Hall–Kier alpha value is -2.46. The van der Waals surface area contributed by atoms with Crippen molar-refractivity contribution in [2.24, 2.45) is 5.92 Å². The van der Waals surface area contributed by atoms with Gasteiger partial charge in [0, 0.05) is 17.4 Å². The number of hydrogen-bond acceptors (Lipinski definition) is 8. The molecular formula is C20H22N6O2S2. The second kappa shape index (κ2) is 7.66. The molecule has 1 atom stereocenters. The molecule has 4 aromatic rings. The number of rotatable bonds is 5. The summed E-state index contributed by atoms with van der Waals surface area (Å²) in [6.45, 7) is 6.17. The third kappa shape index (κ3) is 3.37. The SMILES string of the molecule is CCc1nc2sc3c(c2c2nnc(SCC(=O)Nc4cc(C)on4)n12)CCC(C)C3. The smallest absolute Gasteiger partial charge is 0.236 e. The molecule has 0 bridgehead atoms. The molecule has 0 saturated heterocycles. The molecule has 10 heteroatoms. The Kier molecular flexibility index (Phi) is 4.98. The van der Waals surface area contributed by atoms with Gasteiger partial charge in [0.2, 0.25) is 5.91 Å². The summed E-state index contributed by atoms with van der Waals surface area (Å²) in [5.41, 5.74) is 2.25. The van der Waals surface area contributed by atoms with Crippen LogP contribution in [-0.2, 0) is 24.1 Å². The summed E-state index contributed by atoms with van der Waals surface area (Å²) in [7, 11) is 0. The van der Waals surface area contributed by atoms with Crippen LogP contribution in [-0.4, -0.2) is 36.4 Å². The van der Waals surface area contributed by atoms with Crippen LogP contribution >= 0.6 is 23.1 Å². The minimum absolute atomic E-state index is 0.168. The van der Waals surface area contributed by atoms with Crippen LogP contribution in [0.15, 0.2) is 15.7 Å². The fourth-order valence-electron chi connectivity index (χ4n) is 3.94. The molecule has 0 radical (unpaired) electrons. The quantitative estimate of drug-likeness (QED) is 0.466. The number of thiophene rings is 1. The molecular weight excluding hydrogens is 420 g/mol. The normalized spacial score (nSPS) is 16.3. The highest BCUT2D eigenvalue weighted by atomic mass is 32.2. The number of nitrogens with one attached hydrogen (secondary N) is 1. The number of thioether (sulfide) groups is 1. The zero-order valence-electron chi connectivity index (χ0n) is 17.1. The summed E-state index contributed by atoms with van der Waals surface area (Å²) < 4.78 is 7.00. The van der Waals surface area contributed by atoms with Crippen molar-refractivity contribution in [2.75, 3.05) is 11.1 Å². The molecule has 1 N–H and O–H groups in total. The van der Waals surface area contributed by atoms with E-state index in [-0.39, 0.29) is 11.7 Å². The molecule has 0 aromatic carbocycles. The van der Waals surface area contributed by atoms with Gasteiger partial charge in [-0.3, -0.25) is 9.20 Å². The van der Waals surface area contributed by atoms with Crippen molar-refractivity contribution >= 4 is 50.7 Å². The first kappa shape index (κ1) is 19.5. The van der Waals surface area contributed by atoms with E-state index in [1.54, 1.807) is 24.3 Å². The Labute approximate surface area is 181 Å². The van der Waals surface area contributed by atoms with Crippen LogP contribution < -0.4 is 5.32 Å². The third-order valence-electron chi connectivity index (χ3n) is 5.38. The van der Waals surface area contributed by atoms with E-state index in [4.69, 9.17) is 9.51 Å². The first-order valence-corrected chi connectivity index (χ1v) is 11.9. The molecule has 4 heterocycles. The van der Waals surface area contributed by atoms with Crippen LogP contribution in [0.1, 0.15) is 42.3 Å². The zero-order chi connectivity index (χ0) is 20.8. The van der Waals surface area contributed by atoms with Crippen LogP contribution in [0, 0.1) is 12.8 Å². The molecule has 8 nitrogen and oxygen atoms in total. The molecule has 0 aliphatic heterocycles. The van der Waals surface area contributed by atoms with Gasteiger partial charge in [0.05, 0.1) is 11.1 Å². The van der Waals surface area contributed by atoms with Crippen LogP contribution in [0.25, 0.3) is 15.9 Å². The predicted octanol–water partition coefficient (Wildman–Crippen LogP) is 4.05. The van der Waals surface area contributed by atoms with Gasteiger partial charge in [0.15, 0.2) is 16.6 Å². The van der Waals surface area contributed by atoms with E-state index < -0.39 is 0 Å². The first-order valence-electron chi connectivity index (χ1n) is 10.1. The van der Waals surface area contributed by atoms with Crippen molar-refractivity contribution in [1.29, 1.82) is 0 Å². The largest absolute Gasteiger partial charge is 0.360 e. The number of amides is 1. The topological polar surface area (TPSA) is 98.2 Å². The lowest BCUT2D eigenvalue weighted by molar-refractivity contribution is -0.113. The summed E-state index contributed by atoms with van der Waals surface area (Å²) in [6, 6.07) is 1.69. The summed E-state index contributed by atoms with van der Waals surface area (Å²) in [4.78, 5) is 19.8. The molecule has 1 amide bonds. The van der Waals surface area contributed by atoms with Crippen LogP contribution in [0.3, 0.4) is 0 Å². The van der Waals surface area contributed by atoms with E-state index >= 15 is 0 Å². The number of fused-ring (bicyclic) bond motifs is 5. The zero-order valence-corrected chi connectivity index (χ0v) is 18.7. The van der Waals surface area contributed by atoms with Gasteiger partial charge < -0.3 is 9.84 Å². The second-order valence-corrected chi connectivity index (χ2v) is 9.74. The van der Waals surface area contributed by atoms with E-state index in [0.717, 1.165) is 41.0 Å². The Morgan fingerprint density at radius 2 is 2.30 bits per heavy atom. The number of aryl methyl sites for hydroxylation is 3. The van der Waals surface area contributed by atoms with Gasteiger partial charge in [-0.25, -0.2) is 4.98 Å². The second-order valence-electron chi connectivity index (χ2n) is 7.71. The number of nitrogens with zero attached hydrogens (tertiary/aromatic N) is 5. The molecule has 4 aromatic heterocycles. The Morgan fingerprint density at radius 3 is 3.07 bits per heavy atom. The van der Waals surface area contributed by atoms with Crippen molar-refractivity contribution in [2.45, 2.75) is 51.6 Å². The van der Waals surface area contributed by atoms with E-state index in [1.165, 1.54) is 28.6 Å². The Morgan fingerprint density at radius 1 is 1.43 bits per heavy atom. The van der Waals surface area contributed by atoms with E-state index in [2.05, 4.69) is 34.5 Å². The van der Waals surface area contributed by atoms with Crippen molar-refractivity contribution in [3.8, 4) is 0 Å². The monoisotopic (exact) mass is 442 g/mol. The summed E-state index contributed by atoms with van der Waals surface area (Å²) >= 11 is 3.15. The molecule has 156 valence electrons. The Balaban J connectivity index is 1.47. The van der Waals surface area contributed by atoms with Gasteiger partial charge in [-0.05, 0) is 37.7 Å². The Bertz CT molecular complexity index is 1260. The molecule has 0 fully saturated rings. The average Bonchev–Trinajstić information content (AvgIpc) is 3.41. The third-order valence-corrected chi connectivity index (χ3v) is 7.46. The minimum Gasteiger partial charge on any atom is -0.360 e. The van der Waals surface area contributed by atoms with Crippen molar-refractivity contribution in [3.63, 3.8) is 0 Å². The molecule has 1 aliphatic rings. The molecule has 5 rings (SSSR count). The first-order chi connectivity index (χ1) is 14.5. The number of aromatic nitrogens is 5. The lowest BCUT2D eigenvalue weighted by atomic mass is 9.89. The van der Waals surface area contributed by atoms with Gasteiger partial charge >= 0.3 is 0 Å². The average molecular weight is 443 g/mol. The minimum atomic E-state index is -0.168. The van der Waals surface area contributed by atoms with Crippen LogP contribution in [0.2, 0.25) is 0 Å². The van der Waals surface area contributed by atoms with E-state index in [9.17, 15) is 4.79 Å². The maximum Gasteiger partial charge on any atom is 0.236 e. The summed E-state index contributed by atoms with van der Waals surface area (Å²) in [5.74, 6) is 2.73.